The van der Waals surface area contributed by atoms with E-state index < -0.39 is 28.5 Å². The average Bonchev–Trinajstić information content (AvgIpc) is 2.95. The summed E-state index contributed by atoms with van der Waals surface area (Å²) in [7, 11) is -2.53. The average molecular weight is 664 g/mol. The molecule has 0 saturated heterocycles. The molecule has 0 aliphatic rings. The lowest BCUT2D eigenvalue weighted by atomic mass is 10.1. The maximum atomic E-state index is 13.9. The van der Waals surface area contributed by atoms with Gasteiger partial charge in [-0.1, -0.05) is 43.7 Å². The Morgan fingerprint density at radius 2 is 1.69 bits per heavy atom. The lowest BCUT2D eigenvalue weighted by Crippen LogP contribution is -2.51. The molecule has 0 aliphatic heterocycles. The quantitative estimate of drug-likeness (QED) is 0.209. The van der Waals surface area contributed by atoms with E-state index in [9.17, 15) is 18.0 Å². The number of methoxy groups -OCH3 is 1. The van der Waals surface area contributed by atoms with Gasteiger partial charge in [0.25, 0.3) is 10.0 Å². The van der Waals surface area contributed by atoms with Crippen LogP contribution in [0.4, 0.5) is 5.69 Å². The van der Waals surface area contributed by atoms with Gasteiger partial charge < -0.3 is 15.0 Å². The summed E-state index contributed by atoms with van der Waals surface area (Å²) in [5.74, 6) is -0.187. The van der Waals surface area contributed by atoms with E-state index in [1.807, 2.05) is 13.0 Å². The van der Waals surface area contributed by atoms with Crippen molar-refractivity contribution >= 4 is 50.1 Å². The van der Waals surface area contributed by atoms with Crippen LogP contribution in [0.3, 0.4) is 0 Å². The van der Waals surface area contributed by atoms with E-state index in [1.54, 1.807) is 74.7 Å². The third-order valence-corrected chi connectivity index (χ3v) is 8.72. The molecule has 0 aromatic heterocycles. The molecular formula is C29H34IN3O5S. The minimum atomic E-state index is -4.08. The summed E-state index contributed by atoms with van der Waals surface area (Å²) in [4.78, 5) is 28.4. The Morgan fingerprint density at radius 3 is 2.33 bits per heavy atom. The van der Waals surface area contributed by atoms with Gasteiger partial charge in [0.15, 0.2) is 0 Å². The van der Waals surface area contributed by atoms with E-state index in [4.69, 9.17) is 4.74 Å². The van der Waals surface area contributed by atoms with Gasteiger partial charge in [-0.2, -0.15) is 0 Å². The second kappa shape index (κ2) is 14.3. The third kappa shape index (κ3) is 8.18. The fourth-order valence-corrected chi connectivity index (χ4v) is 5.74. The predicted octanol–water partition coefficient (Wildman–Crippen LogP) is 4.83. The number of hydrogen-bond donors (Lipinski definition) is 1. The summed E-state index contributed by atoms with van der Waals surface area (Å²) in [6.45, 7) is 3.80. The summed E-state index contributed by atoms with van der Waals surface area (Å²) in [5.41, 5.74) is 1.11. The number of anilines is 1. The summed E-state index contributed by atoms with van der Waals surface area (Å²) >= 11 is 2.14. The molecule has 0 bridgehead atoms. The Labute approximate surface area is 244 Å². The SMILES string of the molecule is CCCCNC(=O)[C@@H](C)N(Cc1cccc(OC)c1)C(=O)CN(c1ccc(I)cc1)S(=O)(=O)c1ccccc1. The van der Waals surface area contributed by atoms with Gasteiger partial charge in [-0.15, -0.1) is 0 Å². The van der Waals surface area contributed by atoms with Gasteiger partial charge in [0.05, 0.1) is 17.7 Å². The fraction of sp³-hybridized carbons (Fsp3) is 0.310. The summed E-state index contributed by atoms with van der Waals surface area (Å²) in [6.07, 6.45) is 1.74. The molecule has 1 N–H and O–H groups in total. The molecule has 0 radical (unpaired) electrons. The van der Waals surface area contributed by atoms with Crippen molar-refractivity contribution in [1.29, 1.82) is 0 Å². The lowest BCUT2D eigenvalue weighted by molar-refractivity contribution is -0.139. The zero-order valence-corrected chi connectivity index (χ0v) is 25.3. The van der Waals surface area contributed by atoms with Crippen LogP contribution >= 0.6 is 22.6 Å². The van der Waals surface area contributed by atoms with Crippen LogP contribution in [-0.4, -0.2) is 51.4 Å². The van der Waals surface area contributed by atoms with Gasteiger partial charge in [-0.3, -0.25) is 13.9 Å². The Hall–Kier alpha value is -3.12. The first-order valence-corrected chi connectivity index (χ1v) is 15.2. The highest BCUT2D eigenvalue weighted by Gasteiger charge is 2.32. The molecule has 0 saturated carbocycles. The number of halogens is 1. The minimum absolute atomic E-state index is 0.0704. The zero-order valence-electron chi connectivity index (χ0n) is 22.3. The number of rotatable bonds is 13. The van der Waals surface area contributed by atoms with Crippen LogP contribution in [-0.2, 0) is 26.2 Å². The van der Waals surface area contributed by atoms with E-state index in [1.165, 1.54) is 17.0 Å². The number of sulfonamides is 1. The van der Waals surface area contributed by atoms with Crippen molar-refractivity contribution in [1.82, 2.24) is 10.2 Å². The van der Waals surface area contributed by atoms with Gasteiger partial charge in [0, 0.05) is 16.7 Å². The van der Waals surface area contributed by atoms with Gasteiger partial charge in [0.2, 0.25) is 11.8 Å². The third-order valence-electron chi connectivity index (χ3n) is 6.21. The lowest BCUT2D eigenvalue weighted by Gasteiger charge is -2.32. The normalized spacial score (nSPS) is 11.9. The van der Waals surface area contributed by atoms with E-state index in [0.717, 1.165) is 26.3 Å². The molecule has 39 heavy (non-hydrogen) atoms. The highest BCUT2D eigenvalue weighted by molar-refractivity contribution is 14.1. The highest BCUT2D eigenvalue weighted by Crippen LogP contribution is 2.25. The Bertz CT molecular complexity index is 1350. The van der Waals surface area contributed by atoms with Crippen LogP contribution in [0.25, 0.3) is 0 Å². The van der Waals surface area contributed by atoms with Crippen molar-refractivity contribution in [3.05, 3.63) is 88.0 Å². The van der Waals surface area contributed by atoms with Crippen molar-refractivity contribution < 1.29 is 22.7 Å². The molecule has 1 atom stereocenters. The molecule has 2 amide bonds. The first-order chi connectivity index (χ1) is 18.7. The maximum Gasteiger partial charge on any atom is 0.264 e. The molecular weight excluding hydrogens is 629 g/mol. The molecule has 3 aromatic carbocycles. The smallest absolute Gasteiger partial charge is 0.264 e. The van der Waals surface area contributed by atoms with Crippen LogP contribution in [0.1, 0.15) is 32.3 Å². The first-order valence-electron chi connectivity index (χ1n) is 12.7. The van der Waals surface area contributed by atoms with Gasteiger partial charge in [0.1, 0.15) is 18.3 Å². The standard InChI is InChI=1S/C29H34IN3O5S/c1-4-5-18-31-29(35)22(2)32(20-23-10-9-11-26(19-23)38-3)28(34)21-33(25-16-14-24(30)15-17-25)39(36,37)27-12-7-6-8-13-27/h6-17,19,22H,4-5,18,20-21H2,1-3H3,(H,31,35)/t22-/m1/s1. The number of nitrogens with one attached hydrogen (secondary N) is 1. The summed E-state index contributed by atoms with van der Waals surface area (Å²) in [6, 6.07) is 21.3. The molecule has 0 heterocycles. The molecule has 0 aliphatic carbocycles. The van der Waals surface area contributed by atoms with Gasteiger partial charge >= 0.3 is 0 Å². The van der Waals surface area contributed by atoms with Crippen LogP contribution in [0.15, 0.2) is 83.8 Å². The molecule has 0 spiro atoms. The summed E-state index contributed by atoms with van der Waals surface area (Å²) in [5, 5.41) is 2.88. The Morgan fingerprint density at radius 1 is 1.00 bits per heavy atom. The molecule has 10 heteroatoms. The zero-order chi connectivity index (χ0) is 28.4. The number of hydrogen-bond acceptors (Lipinski definition) is 5. The number of ether oxygens (including phenoxy) is 1. The Kier molecular flexibility index (Phi) is 11.2. The second-order valence-corrected chi connectivity index (χ2v) is 12.1. The van der Waals surface area contributed by atoms with Crippen molar-refractivity contribution in [3.63, 3.8) is 0 Å². The van der Waals surface area contributed by atoms with E-state index in [2.05, 4.69) is 27.9 Å². The maximum absolute atomic E-state index is 13.9. The number of benzene rings is 3. The minimum Gasteiger partial charge on any atom is -0.497 e. The number of carbonyl (C=O) groups is 2. The molecule has 208 valence electrons. The fourth-order valence-electron chi connectivity index (χ4n) is 3.94. The topological polar surface area (TPSA) is 96.0 Å². The number of unbranched alkanes of at least 4 members (excludes halogenated alkanes) is 1. The van der Waals surface area contributed by atoms with Crippen molar-refractivity contribution in [2.45, 2.75) is 44.2 Å². The van der Waals surface area contributed by atoms with Crippen molar-refractivity contribution in [2.75, 3.05) is 24.5 Å². The van der Waals surface area contributed by atoms with E-state index >= 15 is 0 Å². The molecule has 0 unspecified atom stereocenters. The first kappa shape index (κ1) is 30.4. The van der Waals surface area contributed by atoms with Crippen LogP contribution in [0, 0.1) is 3.57 Å². The van der Waals surface area contributed by atoms with E-state index in [0.29, 0.717) is 18.0 Å². The van der Waals surface area contributed by atoms with E-state index in [-0.39, 0.29) is 17.3 Å². The van der Waals surface area contributed by atoms with Crippen molar-refractivity contribution in [2.24, 2.45) is 0 Å². The molecule has 3 aromatic rings. The van der Waals surface area contributed by atoms with Crippen LogP contribution in [0.2, 0.25) is 0 Å². The van der Waals surface area contributed by atoms with Gasteiger partial charge in [-0.05, 0) is 90.0 Å². The Balaban J connectivity index is 1.99. The molecule has 3 rings (SSSR count). The summed E-state index contributed by atoms with van der Waals surface area (Å²) < 4.78 is 34.9. The van der Waals surface area contributed by atoms with Crippen LogP contribution < -0.4 is 14.4 Å². The second-order valence-electron chi connectivity index (χ2n) is 8.99. The van der Waals surface area contributed by atoms with Crippen molar-refractivity contribution in [3.8, 4) is 5.75 Å². The molecule has 8 nitrogen and oxygen atoms in total. The highest BCUT2D eigenvalue weighted by atomic mass is 127. The monoisotopic (exact) mass is 663 g/mol. The van der Waals surface area contributed by atoms with Gasteiger partial charge in [-0.25, -0.2) is 8.42 Å². The van der Waals surface area contributed by atoms with Crippen LogP contribution in [0.5, 0.6) is 5.75 Å². The number of amides is 2. The molecule has 0 fully saturated rings. The number of nitrogens with zero attached hydrogens (tertiary/aromatic N) is 2. The predicted molar refractivity (Wildman–Crippen MR) is 161 cm³/mol. The largest absolute Gasteiger partial charge is 0.497 e. The number of carbonyl (C=O) groups excluding carboxylic acids is 2.